The summed E-state index contributed by atoms with van der Waals surface area (Å²) in [6.45, 7) is 1.57. The molecule has 0 aliphatic heterocycles. The second kappa shape index (κ2) is 7.23. The zero-order valence-electron chi connectivity index (χ0n) is 12.7. The van der Waals surface area contributed by atoms with Crippen LogP contribution in [0.3, 0.4) is 0 Å². The Labute approximate surface area is 138 Å². The molecule has 0 heterocycles. The van der Waals surface area contributed by atoms with Crippen molar-refractivity contribution in [2.75, 3.05) is 0 Å². The summed E-state index contributed by atoms with van der Waals surface area (Å²) in [6.07, 6.45) is -1.26. The Balaban J connectivity index is 1.99. The smallest absolute Gasteiger partial charge is 0.489 e. The van der Waals surface area contributed by atoms with Gasteiger partial charge in [0.1, 0.15) is 12.4 Å². The predicted octanol–water partition coefficient (Wildman–Crippen LogP) is 4.19. The van der Waals surface area contributed by atoms with Crippen LogP contribution in [0.4, 0.5) is 13.2 Å². The summed E-state index contributed by atoms with van der Waals surface area (Å²) in [5.41, 5.74) is -4.19. The van der Waals surface area contributed by atoms with Gasteiger partial charge in [-0.3, -0.25) is 4.18 Å². The van der Waals surface area contributed by atoms with Crippen LogP contribution < -0.4 is 4.74 Å². The number of halogens is 3. The second-order valence-electron chi connectivity index (χ2n) is 4.98. The lowest BCUT2D eigenvalue weighted by Crippen LogP contribution is -2.26. The van der Waals surface area contributed by atoms with E-state index in [0.29, 0.717) is 12.4 Å². The first kappa shape index (κ1) is 18.3. The highest BCUT2D eigenvalue weighted by Crippen LogP contribution is 2.30. The fraction of sp³-hybridized carbons (Fsp3) is 0.250. The molecule has 0 amide bonds. The Bertz CT molecular complexity index is 756. The van der Waals surface area contributed by atoms with Crippen molar-refractivity contribution in [3.05, 3.63) is 65.7 Å². The minimum atomic E-state index is -5.63. The number of hydrogen-bond acceptors (Lipinski definition) is 4. The van der Waals surface area contributed by atoms with Crippen molar-refractivity contribution in [3.63, 3.8) is 0 Å². The SMILES string of the molecule is CC(OS(=O)(=O)C(F)(F)F)c1ccc(OCc2ccccc2)cc1. The van der Waals surface area contributed by atoms with E-state index in [1.807, 2.05) is 30.3 Å². The van der Waals surface area contributed by atoms with Crippen LogP contribution in [0.2, 0.25) is 0 Å². The maximum Gasteiger partial charge on any atom is 0.523 e. The summed E-state index contributed by atoms with van der Waals surface area (Å²) in [6, 6.07) is 15.4. The lowest BCUT2D eigenvalue weighted by molar-refractivity contribution is -0.0569. The van der Waals surface area contributed by atoms with Gasteiger partial charge < -0.3 is 4.74 Å². The molecule has 2 aromatic carbocycles. The van der Waals surface area contributed by atoms with Crippen LogP contribution in [0.15, 0.2) is 54.6 Å². The van der Waals surface area contributed by atoms with E-state index >= 15 is 0 Å². The standard InChI is InChI=1S/C16H15F3O4S/c1-12(23-24(20,21)16(17,18)19)14-7-9-15(10-8-14)22-11-13-5-3-2-4-6-13/h2-10,12H,11H2,1H3. The third-order valence-corrected chi connectivity index (χ3v) is 4.26. The summed E-state index contributed by atoms with van der Waals surface area (Å²) in [7, 11) is -5.63. The summed E-state index contributed by atoms with van der Waals surface area (Å²) in [5.74, 6) is 0.508. The van der Waals surface area contributed by atoms with Crippen LogP contribution in [0, 0.1) is 0 Å². The zero-order valence-corrected chi connectivity index (χ0v) is 13.5. The van der Waals surface area contributed by atoms with Crippen molar-refractivity contribution >= 4 is 10.1 Å². The molecule has 130 valence electrons. The molecule has 0 aromatic heterocycles. The van der Waals surface area contributed by atoms with Gasteiger partial charge in [-0.1, -0.05) is 42.5 Å². The largest absolute Gasteiger partial charge is 0.523 e. The lowest BCUT2D eigenvalue weighted by Gasteiger charge is -2.15. The molecular formula is C16H15F3O4S. The van der Waals surface area contributed by atoms with E-state index in [1.54, 1.807) is 12.1 Å². The van der Waals surface area contributed by atoms with Gasteiger partial charge in [-0.25, -0.2) is 0 Å². The van der Waals surface area contributed by atoms with E-state index in [4.69, 9.17) is 4.74 Å². The quantitative estimate of drug-likeness (QED) is 0.572. The third-order valence-electron chi connectivity index (χ3n) is 3.15. The Kier molecular flexibility index (Phi) is 5.51. The van der Waals surface area contributed by atoms with Gasteiger partial charge in [0, 0.05) is 0 Å². The van der Waals surface area contributed by atoms with E-state index in [0.717, 1.165) is 5.56 Å². The van der Waals surface area contributed by atoms with Crippen LogP contribution in [-0.4, -0.2) is 13.9 Å². The van der Waals surface area contributed by atoms with E-state index in [2.05, 4.69) is 4.18 Å². The van der Waals surface area contributed by atoms with Gasteiger partial charge in [-0.15, -0.1) is 0 Å². The molecule has 0 aliphatic carbocycles. The molecule has 0 radical (unpaired) electrons. The topological polar surface area (TPSA) is 52.6 Å². The molecule has 0 spiro atoms. The number of benzene rings is 2. The summed E-state index contributed by atoms with van der Waals surface area (Å²) < 4.78 is 68.6. The highest BCUT2D eigenvalue weighted by Gasteiger charge is 2.48. The van der Waals surface area contributed by atoms with Gasteiger partial charge in [-0.05, 0) is 30.2 Å². The Morgan fingerprint density at radius 1 is 1.00 bits per heavy atom. The minimum absolute atomic E-state index is 0.287. The van der Waals surface area contributed by atoms with Crippen molar-refractivity contribution < 1.29 is 30.5 Å². The Morgan fingerprint density at radius 3 is 2.12 bits per heavy atom. The first-order valence-electron chi connectivity index (χ1n) is 6.95. The molecule has 0 bridgehead atoms. The second-order valence-corrected chi connectivity index (χ2v) is 6.55. The fourth-order valence-electron chi connectivity index (χ4n) is 1.88. The highest BCUT2D eigenvalue weighted by atomic mass is 32.2. The molecule has 24 heavy (non-hydrogen) atoms. The van der Waals surface area contributed by atoms with Gasteiger partial charge in [0.05, 0.1) is 6.10 Å². The summed E-state index contributed by atoms with van der Waals surface area (Å²) in [5, 5.41) is 0. The molecule has 1 unspecified atom stereocenters. The first-order valence-corrected chi connectivity index (χ1v) is 8.36. The molecule has 1 atom stereocenters. The van der Waals surface area contributed by atoms with Gasteiger partial charge in [0.2, 0.25) is 0 Å². The van der Waals surface area contributed by atoms with Crippen LogP contribution in [-0.2, 0) is 20.9 Å². The average Bonchev–Trinajstić information content (AvgIpc) is 2.53. The van der Waals surface area contributed by atoms with Gasteiger partial charge >= 0.3 is 15.6 Å². The van der Waals surface area contributed by atoms with E-state index < -0.39 is 21.7 Å². The van der Waals surface area contributed by atoms with E-state index in [1.165, 1.54) is 19.1 Å². The number of alkyl halides is 3. The molecular weight excluding hydrogens is 345 g/mol. The third kappa shape index (κ3) is 4.72. The summed E-state index contributed by atoms with van der Waals surface area (Å²) >= 11 is 0. The lowest BCUT2D eigenvalue weighted by atomic mass is 10.1. The molecule has 0 saturated heterocycles. The average molecular weight is 360 g/mol. The predicted molar refractivity (Wildman–Crippen MR) is 81.7 cm³/mol. The van der Waals surface area contributed by atoms with E-state index in [-0.39, 0.29) is 5.56 Å². The molecule has 0 N–H and O–H groups in total. The van der Waals surface area contributed by atoms with Crippen molar-refractivity contribution in [1.82, 2.24) is 0 Å². The van der Waals surface area contributed by atoms with Crippen molar-refractivity contribution in [1.29, 1.82) is 0 Å². The van der Waals surface area contributed by atoms with Crippen LogP contribution in [0.5, 0.6) is 5.75 Å². The molecule has 2 rings (SSSR count). The van der Waals surface area contributed by atoms with Gasteiger partial charge in [-0.2, -0.15) is 21.6 Å². The molecule has 8 heteroatoms. The molecule has 4 nitrogen and oxygen atoms in total. The summed E-state index contributed by atoms with van der Waals surface area (Å²) in [4.78, 5) is 0. The molecule has 0 fully saturated rings. The molecule has 0 aliphatic rings. The Hall–Kier alpha value is -2.06. The normalized spacial score (nSPS) is 13.5. The zero-order chi connectivity index (χ0) is 17.8. The monoisotopic (exact) mass is 360 g/mol. The minimum Gasteiger partial charge on any atom is -0.489 e. The van der Waals surface area contributed by atoms with Crippen LogP contribution in [0.25, 0.3) is 0 Å². The fourth-order valence-corrected chi connectivity index (χ4v) is 2.48. The van der Waals surface area contributed by atoms with Crippen molar-refractivity contribution in [3.8, 4) is 5.75 Å². The number of ether oxygens (including phenoxy) is 1. The van der Waals surface area contributed by atoms with Crippen LogP contribution in [0.1, 0.15) is 24.2 Å². The van der Waals surface area contributed by atoms with E-state index in [9.17, 15) is 21.6 Å². The molecule has 0 saturated carbocycles. The highest BCUT2D eigenvalue weighted by molar-refractivity contribution is 7.87. The van der Waals surface area contributed by atoms with Crippen LogP contribution >= 0.6 is 0 Å². The Morgan fingerprint density at radius 2 is 1.58 bits per heavy atom. The number of rotatable bonds is 6. The first-order chi connectivity index (χ1) is 11.2. The van der Waals surface area contributed by atoms with Gasteiger partial charge in [0.25, 0.3) is 0 Å². The van der Waals surface area contributed by atoms with Gasteiger partial charge in [0.15, 0.2) is 0 Å². The van der Waals surface area contributed by atoms with Crippen molar-refractivity contribution in [2.24, 2.45) is 0 Å². The molecule has 2 aromatic rings. The maximum absolute atomic E-state index is 12.3. The number of hydrogen-bond donors (Lipinski definition) is 0. The van der Waals surface area contributed by atoms with Crippen molar-refractivity contribution in [2.45, 2.75) is 25.1 Å². The maximum atomic E-state index is 12.3.